The second-order valence-electron chi connectivity index (χ2n) is 4.21. The van der Waals surface area contributed by atoms with Crippen molar-refractivity contribution in [1.82, 2.24) is 15.3 Å². The molecule has 0 spiro atoms. The van der Waals surface area contributed by atoms with Crippen molar-refractivity contribution in [3.8, 4) is 0 Å². The van der Waals surface area contributed by atoms with E-state index in [1.807, 2.05) is 13.0 Å². The van der Waals surface area contributed by atoms with Gasteiger partial charge in [0.1, 0.15) is 0 Å². The molecule has 2 rings (SSSR count). The van der Waals surface area contributed by atoms with Crippen LogP contribution in [0, 0.1) is 12.8 Å². The Morgan fingerprint density at radius 2 is 2.50 bits per heavy atom. The van der Waals surface area contributed by atoms with Gasteiger partial charge in [0.15, 0.2) is 0 Å². The van der Waals surface area contributed by atoms with Crippen molar-refractivity contribution < 1.29 is 4.21 Å². The molecule has 0 aromatic carbocycles. The van der Waals surface area contributed by atoms with E-state index >= 15 is 0 Å². The highest BCUT2D eigenvalue weighted by atomic mass is 32.2. The van der Waals surface area contributed by atoms with Gasteiger partial charge in [-0.15, -0.1) is 0 Å². The fourth-order valence-electron chi connectivity index (χ4n) is 1.89. The van der Waals surface area contributed by atoms with Gasteiger partial charge in [0.25, 0.3) is 0 Å². The summed E-state index contributed by atoms with van der Waals surface area (Å²) in [5, 5.41) is 3.81. The van der Waals surface area contributed by atoms with Crippen molar-refractivity contribution in [3.63, 3.8) is 0 Å². The molecule has 1 aromatic rings. The predicted octanol–water partition coefficient (Wildman–Crippen LogP) is 0.892. The Balaban J connectivity index is 1.97. The fraction of sp³-hybridized carbons (Fsp3) is 0.636. The van der Waals surface area contributed by atoms with Crippen LogP contribution in [0.25, 0.3) is 0 Å². The molecule has 16 heavy (non-hydrogen) atoms. The number of nitrogens with one attached hydrogen (secondary N) is 1. The molecule has 1 N–H and O–H groups in total. The first-order valence-electron chi connectivity index (χ1n) is 5.64. The molecule has 0 unspecified atom stereocenters. The average Bonchev–Trinajstić information content (AvgIpc) is 2.30. The number of rotatable bonds is 3. The minimum Gasteiger partial charge on any atom is -0.316 e. The Morgan fingerprint density at radius 3 is 3.19 bits per heavy atom. The largest absolute Gasteiger partial charge is 0.316 e. The number of hydrogen-bond donors (Lipinski definition) is 1. The molecule has 0 saturated carbocycles. The summed E-state index contributed by atoms with van der Waals surface area (Å²) in [4.78, 5) is 8.28. The van der Waals surface area contributed by atoms with E-state index in [1.165, 1.54) is 6.42 Å². The van der Waals surface area contributed by atoms with Crippen molar-refractivity contribution >= 4 is 10.8 Å². The molecule has 1 aliphatic heterocycles. The third-order valence-electron chi connectivity index (χ3n) is 2.76. The topological polar surface area (TPSA) is 54.9 Å². The minimum atomic E-state index is -1.05. The summed E-state index contributed by atoms with van der Waals surface area (Å²) in [6.07, 6.45) is 4.01. The van der Waals surface area contributed by atoms with Gasteiger partial charge < -0.3 is 5.32 Å². The number of aryl methyl sites for hydroxylation is 1. The van der Waals surface area contributed by atoms with Crippen LogP contribution in [0.1, 0.15) is 18.5 Å². The molecule has 1 saturated heterocycles. The normalized spacial score (nSPS) is 22.9. The predicted molar refractivity (Wildman–Crippen MR) is 63.6 cm³/mol. The first-order chi connectivity index (χ1) is 7.75. The Kier molecular flexibility index (Phi) is 4.01. The molecule has 0 aliphatic carbocycles. The molecule has 1 fully saturated rings. The highest BCUT2D eigenvalue weighted by molar-refractivity contribution is 7.84. The molecule has 2 heterocycles. The lowest BCUT2D eigenvalue weighted by Crippen LogP contribution is -2.32. The molecular formula is C11H17N3OS. The summed E-state index contributed by atoms with van der Waals surface area (Å²) in [5.74, 6) is 1.18. The summed E-state index contributed by atoms with van der Waals surface area (Å²) in [7, 11) is -1.05. The molecule has 4 nitrogen and oxygen atoms in total. The van der Waals surface area contributed by atoms with Crippen LogP contribution in [0.15, 0.2) is 17.4 Å². The monoisotopic (exact) mass is 239 g/mol. The van der Waals surface area contributed by atoms with Gasteiger partial charge >= 0.3 is 0 Å². The lowest BCUT2D eigenvalue weighted by Gasteiger charge is -2.21. The Labute approximate surface area is 98.3 Å². The first kappa shape index (κ1) is 11.7. The average molecular weight is 239 g/mol. The minimum absolute atomic E-state index is 0.477. The molecule has 0 bridgehead atoms. The van der Waals surface area contributed by atoms with Gasteiger partial charge in [-0.3, -0.25) is 4.21 Å². The van der Waals surface area contributed by atoms with Gasteiger partial charge in [-0.2, -0.15) is 0 Å². The van der Waals surface area contributed by atoms with E-state index in [2.05, 4.69) is 15.3 Å². The van der Waals surface area contributed by atoms with Crippen LogP contribution < -0.4 is 5.32 Å². The van der Waals surface area contributed by atoms with Crippen LogP contribution in [-0.4, -0.2) is 33.0 Å². The van der Waals surface area contributed by atoms with E-state index < -0.39 is 10.8 Å². The molecule has 2 atom stereocenters. The van der Waals surface area contributed by atoms with Crippen molar-refractivity contribution in [1.29, 1.82) is 0 Å². The van der Waals surface area contributed by atoms with Gasteiger partial charge in [-0.05, 0) is 44.8 Å². The van der Waals surface area contributed by atoms with Crippen molar-refractivity contribution in [2.75, 3.05) is 18.8 Å². The third-order valence-corrected chi connectivity index (χ3v) is 4.14. The van der Waals surface area contributed by atoms with Gasteiger partial charge in [-0.25, -0.2) is 9.97 Å². The quantitative estimate of drug-likeness (QED) is 0.796. The van der Waals surface area contributed by atoms with Crippen LogP contribution in [0.3, 0.4) is 0 Å². The van der Waals surface area contributed by atoms with E-state index in [4.69, 9.17) is 0 Å². The SMILES string of the molecule is Cc1ccnc([S@](=O)C[C@H]2CCCNC2)n1. The number of hydrogen-bond acceptors (Lipinski definition) is 4. The summed E-state index contributed by atoms with van der Waals surface area (Å²) in [5.41, 5.74) is 0.875. The number of piperidine rings is 1. The zero-order chi connectivity index (χ0) is 11.4. The Morgan fingerprint density at radius 1 is 1.62 bits per heavy atom. The maximum atomic E-state index is 12.0. The summed E-state index contributed by atoms with van der Waals surface area (Å²) in [6.45, 7) is 3.95. The summed E-state index contributed by atoms with van der Waals surface area (Å²) in [6, 6.07) is 1.82. The number of nitrogens with zero attached hydrogens (tertiary/aromatic N) is 2. The zero-order valence-electron chi connectivity index (χ0n) is 9.48. The maximum Gasteiger partial charge on any atom is 0.218 e. The molecule has 0 amide bonds. The van der Waals surface area contributed by atoms with Crippen LogP contribution >= 0.6 is 0 Å². The Bertz CT molecular complexity index is 377. The van der Waals surface area contributed by atoms with E-state index in [0.717, 1.165) is 25.2 Å². The van der Waals surface area contributed by atoms with Crippen LogP contribution in [0.2, 0.25) is 0 Å². The van der Waals surface area contributed by atoms with Gasteiger partial charge in [0.05, 0.1) is 10.8 Å². The van der Waals surface area contributed by atoms with E-state index in [-0.39, 0.29) is 0 Å². The molecule has 0 radical (unpaired) electrons. The van der Waals surface area contributed by atoms with Crippen LogP contribution in [0.4, 0.5) is 0 Å². The van der Waals surface area contributed by atoms with E-state index in [9.17, 15) is 4.21 Å². The second kappa shape index (κ2) is 5.50. The van der Waals surface area contributed by atoms with Crippen molar-refractivity contribution in [3.05, 3.63) is 18.0 Å². The van der Waals surface area contributed by atoms with Crippen molar-refractivity contribution in [2.24, 2.45) is 5.92 Å². The lowest BCUT2D eigenvalue weighted by molar-refractivity contribution is 0.407. The molecular weight excluding hydrogens is 222 g/mol. The highest BCUT2D eigenvalue weighted by Crippen LogP contribution is 2.13. The molecule has 1 aromatic heterocycles. The lowest BCUT2D eigenvalue weighted by atomic mass is 10.0. The molecule has 1 aliphatic rings. The zero-order valence-corrected chi connectivity index (χ0v) is 10.3. The second-order valence-corrected chi connectivity index (χ2v) is 5.59. The van der Waals surface area contributed by atoms with E-state index in [1.54, 1.807) is 6.20 Å². The molecule has 5 heteroatoms. The smallest absolute Gasteiger partial charge is 0.218 e. The van der Waals surface area contributed by atoms with E-state index in [0.29, 0.717) is 16.8 Å². The van der Waals surface area contributed by atoms with Crippen molar-refractivity contribution in [2.45, 2.75) is 24.9 Å². The highest BCUT2D eigenvalue weighted by Gasteiger charge is 2.18. The Hall–Kier alpha value is -0.810. The van der Waals surface area contributed by atoms with Gasteiger partial charge in [0.2, 0.25) is 5.16 Å². The third kappa shape index (κ3) is 3.09. The fourth-order valence-corrected chi connectivity index (χ4v) is 3.18. The standard InChI is InChI=1S/C11H17N3OS/c1-9-4-6-13-11(14-9)16(15)8-10-3-2-5-12-7-10/h4,6,10,12H,2-3,5,7-8H2,1H3/t10-,16+/m0/s1. The number of aromatic nitrogens is 2. The molecule has 88 valence electrons. The van der Waals surface area contributed by atoms with Crippen LogP contribution in [0.5, 0.6) is 0 Å². The van der Waals surface area contributed by atoms with Crippen LogP contribution in [-0.2, 0) is 10.8 Å². The van der Waals surface area contributed by atoms with Gasteiger partial charge in [-0.1, -0.05) is 0 Å². The summed E-state index contributed by atoms with van der Waals surface area (Å²) < 4.78 is 12.0. The van der Waals surface area contributed by atoms with Gasteiger partial charge in [0, 0.05) is 17.6 Å². The first-order valence-corrected chi connectivity index (χ1v) is 6.96. The summed E-state index contributed by atoms with van der Waals surface area (Å²) >= 11 is 0. The maximum absolute atomic E-state index is 12.0.